The summed E-state index contributed by atoms with van der Waals surface area (Å²) in [5.41, 5.74) is 0.472. The molecule has 0 aromatic carbocycles. The average molecular weight is 294 g/mol. The number of hydrogen-bond donors (Lipinski definition) is 1. The number of aliphatic hydroxyl groups is 1. The van der Waals surface area contributed by atoms with E-state index in [2.05, 4.69) is 0 Å². The third kappa shape index (κ3) is 2.94. The Hall–Kier alpha value is -0.290. The number of rotatable bonds is 2. The highest BCUT2D eigenvalue weighted by Crippen LogP contribution is 2.32. The summed E-state index contributed by atoms with van der Waals surface area (Å²) in [5.74, 6) is 0.0943. The largest absolute Gasteiger partial charge is 0.396 e. The van der Waals surface area contributed by atoms with Crippen LogP contribution in [0.1, 0.15) is 23.2 Å². The van der Waals surface area contributed by atoms with Crippen molar-refractivity contribution < 1.29 is 9.90 Å². The molecular formula is C11H13Cl2NO2S. The number of halogens is 2. The van der Waals surface area contributed by atoms with E-state index in [-0.39, 0.29) is 18.4 Å². The maximum absolute atomic E-state index is 12.2. The van der Waals surface area contributed by atoms with E-state index in [1.807, 2.05) is 0 Å². The number of amides is 1. The van der Waals surface area contributed by atoms with Gasteiger partial charge in [0, 0.05) is 19.7 Å². The van der Waals surface area contributed by atoms with Gasteiger partial charge in [-0.25, -0.2) is 0 Å². The van der Waals surface area contributed by atoms with Gasteiger partial charge in [-0.15, -0.1) is 11.3 Å². The van der Waals surface area contributed by atoms with E-state index in [1.165, 1.54) is 11.3 Å². The second-order valence-corrected chi connectivity index (χ2v) is 6.47. The normalized spacial score (nSPS) is 20.6. The second kappa shape index (κ2) is 5.57. The van der Waals surface area contributed by atoms with E-state index < -0.39 is 0 Å². The average Bonchev–Trinajstić information content (AvgIpc) is 2.67. The summed E-state index contributed by atoms with van der Waals surface area (Å²) in [5, 5.41) is 9.14. The summed E-state index contributed by atoms with van der Waals surface area (Å²) in [6, 6.07) is 1.61. The minimum atomic E-state index is -0.0868. The molecule has 17 heavy (non-hydrogen) atoms. The van der Waals surface area contributed by atoms with E-state index in [0.29, 0.717) is 20.8 Å². The predicted octanol–water partition coefficient (Wildman–Crippen LogP) is 2.90. The highest BCUT2D eigenvalue weighted by atomic mass is 35.5. The zero-order valence-electron chi connectivity index (χ0n) is 9.16. The minimum Gasteiger partial charge on any atom is -0.396 e. The van der Waals surface area contributed by atoms with Crippen molar-refractivity contribution in [3.8, 4) is 0 Å². The number of piperidine rings is 1. The first kappa shape index (κ1) is 13.1. The zero-order chi connectivity index (χ0) is 12.4. The van der Waals surface area contributed by atoms with Crippen LogP contribution in [-0.4, -0.2) is 35.6 Å². The summed E-state index contributed by atoms with van der Waals surface area (Å²) in [4.78, 5) is 13.9. The van der Waals surface area contributed by atoms with Crippen LogP contribution >= 0.6 is 34.5 Å². The summed E-state index contributed by atoms with van der Waals surface area (Å²) < 4.78 is 0.959. The minimum absolute atomic E-state index is 0.0868. The molecule has 2 rings (SSSR count). The third-order valence-corrected chi connectivity index (χ3v) is 4.44. The molecule has 2 heterocycles. The van der Waals surface area contributed by atoms with Crippen molar-refractivity contribution in [2.24, 2.45) is 5.92 Å². The molecule has 1 aromatic rings. The molecule has 0 aliphatic carbocycles. The number of carbonyl (C=O) groups is 1. The molecule has 94 valence electrons. The summed E-state index contributed by atoms with van der Waals surface area (Å²) >= 11 is 13.0. The van der Waals surface area contributed by atoms with E-state index in [9.17, 15) is 4.79 Å². The van der Waals surface area contributed by atoms with Gasteiger partial charge in [-0.2, -0.15) is 0 Å². The molecule has 6 heteroatoms. The second-order valence-electron chi connectivity index (χ2n) is 4.18. The van der Waals surface area contributed by atoms with Gasteiger partial charge in [0.05, 0.1) is 9.90 Å². The highest BCUT2D eigenvalue weighted by Gasteiger charge is 2.26. The maximum atomic E-state index is 12.2. The molecule has 1 fully saturated rings. The van der Waals surface area contributed by atoms with E-state index in [4.69, 9.17) is 28.3 Å². The lowest BCUT2D eigenvalue weighted by molar-refractivity contribution is 0.0621. The van der Waals surface area contributed by atoms with Gasteiger partial charge in [0.1, 0.15) is 4.34 Å². The first-order chi connectivity index (χ1) is 8.11. The van der Waals surface area contributed by atoms with Crippen LogP contribution in [0, 0.1) is 5.92 Å². The van der Waals surface area contributed by atoms with Crippen molar-refractivity contribution >= 4 is 40.4 Å². The number of aliphatic hydroxyl groups excluding tert-OH is 1. The predicted molar refractivity (Wildman–Crippen MR) is 70.1 cm³/mol. The molecule has 3 nitrogen and oxygen atoms in total. The van der Waals surface area contributed by atoms with Crippen LogP contribution in [0.15, 0.2) is 6.07 Å². The number of thiophene rings is 1. The van der Waals surface area contributed by atoms with Crippen LogP contribution in [0.4, 0.5) is 0 Å². The monoisotopic (exact) mass is 293 g/mol. The van der Waals surface area contributed by atoms with Crippen molar-refractivity contribution in [1.82, 2.24) is 4.90 Å². The SMILES string of the molecule is O=C(c1cc(Cl)sc1Cl)N1CCCC(CO)C1. The quantitative estimate of drug-likeness (QED) is 0.911. The molecule has 0 spiro atoms. The van der Waals surface area contributed by atoms with Crippen molar-refractivity contribution in [3.63, 3.8) is 0 Å². The molecule has 1 aromatic heterocycles. The lowest BCUT2D eigenvalue weighted by atomic mass is 9.98. The van der Waals surface area contributed by atoms with Gasteiger partial charge in [0.25, 0.3) is 5.91 Å². The number of nitrogens with zero attached hydrogens (tertiary/aromatic N) is 1. The summed E-state index contributed by atoms with van der Waals surface area (Å²) in [6.45, 7) is 1.44. The molecule has 1 aliphatic heterocycles. The lowest BCUT2D eigenvalue weighted by Crippen LogP contribution is -2.40. The van der Waals surface area contributed by atoms with Crippen molar-refractivity contribution in [2.75, 3.05) is 19.7 Å². The van der Waals surface area contributed by atoms with Crippen LogP contribution in [0.5, 0.6) is 0 Å². The van der Waals surface area contributed by atoms with Gasteiger partial charge in [-0.05, 0) is 24.8 Å². The van der Waals surface area contributed by atoms with Crippen molar-refractivity contribution in [3.05, 3.63) is 20.3 Å². The van der Waals surface area contributed by atoms with Crippen LogP contribution in [0.3, 0.4) is 0 Å². The van der Waals surface area contributed by atoms with Crippen LogP contribution in [0.2, 0.25) is 8.67 Å². The summed E-state index contributed by atoms with van der Waals surface area (Å²) in [6.07, 6.45) is 1.89. The van der Waals surface area contributed by atoms with Gasteiger partial charge in [-0.3, -0.25) is 4.79 Å². The van der Waals surface area contributed by atoms with Crippen molar-refractivity contribution in [1.29, 1.82) is 0 Å². The van der Waals surface area contributed by atoms with E-state index in [0.717, 1.165) is 19.4 Å². The Bertz CT molecular complexity index is 422. The number of carbonyl (C=O) groups excluding carboxylic acids is 1. The van der Waals surface area contributed by atoms with Gasteiger partial charge in [0.2, 0.25) is 0 Å². The Morgan fingerprint density at radius 1 is 1.59 bits per heavy atom. The lowest BCUT2D eigenvalue weighted by Gasteiger charge is -2.31. The van der Waals surface area contributed by atoms with E-state index >= 15 is 0 Å². The molecule has 1 unspecified atom stereocenters. The topological polar surface area (TPSA) is 40.5 Å². The molecule has 0 radical (unpaired) electrons. The fraction of sp³-hybridized carbons (Fsp3) is 0.545. The Labute approximate surface area is 114 Å². The Balaban J connectivity index is 2.12. The van der Waals surface area contributed by atoms with E-state index in [1.54, 1.807) is 11.0 Å². The number of likely N-dealkylation sites (tertiary alicyclic amines) is 1. The molecule has 1 N–H and O–H groups in total. The Morgan fingerprint density at radius 3 is 2.94 bits per heavy atom. The zero-order valence-corrected chi connectivity index (χ0v) is 11.5. The van der Waals surface area contributed by atoms with Crippen molar-refractivity contribution in [2.45, 2.75) is 12.8 Å². The van der Waals surface area contributed by atoms with Crippen LogP contribution in [0.25, 0.3) is 0 Å². The molecule has 1 aliphatic rings. The first-order valence-electron chi connectivity index (χ1n) is 5.46. The molecule has 1 atom stereocenters. The first-order valence-corrected chi connectivity index (χ1v) is 7.04. The standard InChI is InChI=1S/C11H13Cl2NO2S/c12-9-4-8(10(13)17-9)11(16)14-3-1-2-7(5-14)6-15/h4,7,15H,1-3,5-6H2. The smallest absolute Gasteiger partial charge is 0.256 e. The molecule has 1 amide bonds. The molecular weight excluding hydrogens is 281 g/mol. The van der Waals surface area contributed by atoms with Gasteiger partial charge >= 0.3 is 0 Å². The van der Waals surface area contributed by atoms with Gasteiger partial charge < -0.3 is 10.0 Å². The third-order valence-electron chi connectivity index (χ3n) is 2.95. The maximum Gasteiger partial charge on any atom is 0.256 e. The Morgan fingerprint density at radius 2 is 2.35 bits per heavy atom. The molecule has 0 saturated carbocycles. The summed E-state index contributed by atoms with van der Waals surface area (Å²) in [7, 11) is 0. The van der Waals surface area contributed by atoms with Crippen LogP contribution < -0.4 is 0 Å². The fourth-order valence-corrected chi connectivity index (χ4v) is 3.50. The highest BCUT2D eigenvalue weighted by molar-refractivity contribution is 7.20. The molecule has 1 saturated heterocycles. The molecule has 0 bridgehead atoms. The van der Waals surface area contributed by atoms with Crippen LogP contribution in [-0.2, 0) is 0 Å². The van der Waals surface area contributed by atoms with Gasteiger partial charge in [-0.1, -0.05) is 23.2 Å². The Kier molecular flexibility index (Phi) is 4.31. The van der Waals surface area contributed by atoms with Gasteiger partial charge in [0.15, 0.2) is 0 Å². The number of hydrogen-bond acceptors (Lipinski definition) is 3. The fourth-order valence-electron chi connectivity index (χ4n) is 2.05.